The maximum atomic E-state index is 9.97. The first-order valence-corrected chi connectivity index (χ1v) is 2.29. The smallest absolute Gasteiger partial charge is 1.00 e. The topological polar surface area (TPSA) is 37.3 Å². The molecule has 46 valence electrons. The summed E-state index contributed by atoms with van der Waals surface area (Å²) in [4.78, 5) is 9.97. The van der Waals surface area contributed by atoms with Crippen LogP contribution in [0.1, 0.15) is 15.3 Å². The van der Waals surface area contributed by atoms with Crippen LogP contribution in [0.25, 0.3) is 0 Å². The average Bonchev–Trinajstić information content (AvgIpc) is 1.67. The molecule has 0 aliphatic carbocycles. The Hall–Kier alpha value is -0.0100. The third kappa shape index (κ3) is 5.87. The molecule has 0 aromatic carbocycles. The normalized spacial score (nSPS) is 6.44. The van der Waals surface area contributed by atoms with E-state index in [1.807, 2.05) is 0 Å². The zero-order valence-corrected chi connectivity index (χ0v) is 7.93. The van der Waals surface area contributed by atoms with Crippen LogP contribution in [0.15, 0.2) is 17.4 Å². The number of carboxylic acid groups (broad SMARTS) is 1. The van der Waals surface area contributed by atoms with Crippen LogP contribution < -0.4 is 29.6 Å². The molecule has 0 rings (SSSR count). The van der Waals surface area contributed by atoms with Crippen LogP contribution in [0.5, 0.6) is 0 Å². The van der Waals surface area contributed by atoms with Gasteiger partial charge in [-0.2, -0.15) is 0 Å². The van der Waals surface area contributed by atoms with Crippen LogP contribution in [0.4, 0.5) is 0 Å². The van der Waals surface area contributed by atoms with E-state index in [1.165, 1.54) is 6.92 Å². The minimum Gasteiger partial charge on any atom is -1.00 e. The summed E-state index contributed by atoms with van der Waals surface area (Å²) >= 11 is 0. The first kappa shape index (κ1) is 11.7. The average molecular weight is 136 g/mol. The van der Waals surface area contributed by atoms with Crippen LogP contribution >= 0.6 is 0 Å². The van der Waals surface area contributed by atoms with Crippen molar-refractivity contribution in [2.75, 3.05) is 0 Å². The van der Waals surface area contributed by atoms with E-state index < -0.39 is 5.97 Å². The monoisotopic (exact) mass is 136 g/mol. The van der Waals surface area contributed by atoms with Crippen molar-refractivity contribution in [1.82, 2.24) is 0 Å². The summed E-state index contributed by atoms with van der Waals surface area (Å²) in [6.45, 7) is 3.23. The Bertz CT molecular complexity index is 159. The summed E-state index contributed by atoms with van der Waals surface area (Å²) in [6.07, 6.45) is 1.57. The Morgan fingerprint density at radius 3 is 2.33 bits per heavy atom. The molecule has 1 N–H and O–H groups in total. The molecule has 0 spiro atoms. The van der Waals surface area contributed by atoms with E-state index >= 15 is 0 Å². The van der Waals surface area contributed by atoms with Gasteiger partial charge >= 0.3 is 35.5 Å². The molecule has 0 radical (unpaired) electrons. The molecule has 0 unspecified atom stereocenters. The zero-order chi connectivity index (χ0) is 6.57. The molecule has 9 heavy (non-hydrogen) atoms. The van der Waals surface area contributed by atoms with Crippen molar-refractivity contribution in [1.29, 1.82) is 0 Å². The molecule has 0 amide bonds. The predicted octanol–water partition coefficient (Wildman–Crippen LogP) is -1.69. The molecule has 0 saturated carbocycles. The van der Waals surface area contributed by atoms with Gasteiger partial charge in [0.2, 0.25) is 0 Å². The molecule has 0 heterocycles. The van der Waals surface area contributed by atoms with E-state index in [0.29, 0.717) is 0 Å². The van der Waals surface area contributed by atoms with Crippen molar-refractivity contribution in [3.05, 3.63) is 17.4 Å². The number of rotatable bonds is 1. The molecular formula is C6H9NaO2. The SMILES string of the molecule is CC=C=C(C)C(=O)O.[H-].[Na+]. The number of aliphatic carboxylic acids is 1. The van der Waals surface area contributed by atoms with Crippen molar-refractivity contribution in [2.45, 2.75) is 13.8 Å². The minimum atomic E-state index is -0.914. The fourth-order valence-corrected chi connectivity index (χ4v) is 0.278. The van der Waals surface area contributed by atoms with Crippen molar-refractivity contribution >= 4 is 5.97 Å². The van der Waals surface area contributed by atoms with Gasteiger partial charge in [0.1, 0.15) is 0 Å². The molecule has 0 fully saturated rings. The van der Waals surface area contributed by atoms with Crippen LogP contribution in [-0.4, -0.2) is 11.1 Å². The van der Waals surface area contributed by atoms with Gasteiger partial charge in [-0.25, -0.2) is 4.79 Å². The van der Waals surface area contributed by atoms with Gasteiger partial charge in [0, 0.05) is 0 Å². The van der Waals surface area contributed by atoms with Crippen LogP contribution in [0, 0.1) is 0 Å². The first-order valence-electron chi connectivity index (χ1n) is 2.29. The van der Waals surface area contributed by atoms with Crippen molar-refractivity contribution in [2.24, 2.45) is 0 Å². The molecular weight excluding hydrogens is 127 g/mol. The van der Waals surface area contributed by atoms with Gasteiger partial charge in [-0.1, -0.05) is 0 Å². The Kier molecular flexibility index (Phi) is 7.98. The molecule has 3 heteroatoms. The summed E-state index contributed by atoms with van der Waals surface area (Å²) < 4.78 is 0. The molecule has 0 bridgehead atoms. The number of hydrogen-bond acceptors (Lipinski definition) is 1. The minimum absolute atomic E-state index is 0. The quantitative estimate of drug-likeness (QED) is 0.265. The summed E-state index contributed by atoms with van der Waals surface area (Å²) in [5.74, 6) is -0.914. The van der Waals surface area contributed by atoms with Gasteiger partial charge < -0.3 is 6.53 Å². The van der Waals surface area contributed by atoms with Gasteiger partial charge in [-0.15, -0.1) is 5.73 Å². The van der Waals surface area contributed by atoms with E-state index in [0.717, 1.165) is 0 Å². The van der Waals surface area contributed by atoms with E-state index in [1.54, 1.807) is 13.0 Å². The van der Waals surface area contributed by atoms with E-state index in [-0.39, 0.29) is 36.6 Å². The van der Waals surface area contributed by atoms with E-state index in [2.05, 4.69) is 5.73 Å². The summed E-state index contributed by atoms with van der Waals surface area (Å²) in [5.41, 5.74) is 2.78. The van der Waals surface area contributed by atoms with Crippen LogP contribution in [0.3, 0.4) is 0 Å². The van der Waals surface area contributed by atoms with Crippen molar-refractivity contribution < 1.29 is 40.9 Å². The molecule has 0 aromatic heterocycles. The predicted molar refractivity (Wildman–Crippen MR) is 31.7 cm³/mol. The van der Waals surface area contributed by atoms with Crippen LogP contribution in [-0.2, 0) is 4.79 Å². The van der Waals surface area contributed by atoms with Gasteiger partial charge in [0.25, 0.3) is 0 Å². The van der Waals surface area contributed by atoms with E-state index in [9.17, 15) is 4.79 Å². The first-order chi connectivity index (χ1) is 3.68. The van der Waals surface area contributed by atoms with E-state index in [4.69, 9.17) is 5.11 Å². The van der Waals surface area contributed by atoms with Crippen LogP contribution in [0.2, 0.25) is 0 Å². The molecule has 0 aromatic rings. The number of carboxylic acids is 1. The fraction of sp³-hybridized carbons (Fsp3) is 0.333. The molecule has 0 aliphatic heterocycles. The molecule has 0 saturated heterocycles. The van der Waals surface area contributed by atoms with Gasteiger partial charge in [0.15, 0.2) is 0 Å². The summed E-state index contributed by atoms with van der Waals surface area (Å²) in [5, 5.41) is 8.19. The summed E-state index contributed by atoms with van der Waals surface area (Å²) in [7, 11) is 0. The second-order valence-electron chi connectivity index (χ2n) is 1.36. The Balaban J connectivity index is -0.000000245. The van der Waals surface area contributed by atoms with Crippen molar-refractivity contribution in [3.63, 3.8) is 0 Å². The summed E-state index contributed by atoms with van der Waals surface area (Å²) in [6, 6.07) is 0. The van der Waals surface area contributed by atoms with Gasteiger partial charge in [-0.05, 0) is 19.9 Å². The zero-order valence-electron chi connectivity index (χ0n) is 6.93. The molecule has 2 nitrogen and oxygen atoms in total. The van der Waals surface area contributed by atoms with Crippen molar-refractivity contribution in [3.8, 4) is 0 Å². The number of carbonyl (C=O) groups is 1. The Labute approximate surface area is 78.0 Å². The molecule has 0 atom stereocenters. The maximum absolute atomic E-state index is 9.97. The largest absolute Gasteiger partial charge is 1.00 e. The maximum Gasteiger partial charge on any atom is 1.00 e. The number of hydrogen-bond donors (Lipinski definition) is 1. The fourth-order valence-electron chi connectivity index (χ4n) is 0.278. The third-order valence-corrected chi connectivity index (χ3v) is 0.682. The third-order valence-electron chi connectivity index (χ3n) is 0.682. The van der Waals surface area contributed by atoms with Gasteiger partial charge in [-0.3, -0.25) is 0 Å². The Morgan fingerprint density at radius 2 is 2.22 bits per heavy atom. The Morgan fingerprint density at radius 1 is 1.78 bits per heavy atom. The second kappa shape index (κ2) is 6.12. The standard InChI is InChI=1S/C6H8O2.Na.H/c1-3-4-5(2)6(7)8;;/h3H,1-2H3,(H,7,8);;/q;+1;-1. The molecule has 0 aliphatic rings. The van der Waals surface area contributed by atoms with Gasteiger partial charge in [0.05, 0.1) is 5.57 Å². The second-order valence-corrected chi connectivity index (χ2v) is 1.36.